The highest BCUT2D eigenvalue weighted by molar-refractivity contribution is 6.07. The number of carbonyl (C=O) groups excluding carboxylic acids is 1. The zero-order valence-electron chi connectivity index (χ0n) is 11.7. The van der Waals surface area contributed by atoms with Crippen molar-refractivity contribution in [2.24, 2.45) is 0 Å². The summed E-state index contributed by atoms with van der Waals surface area (Å²) in [7, 11) is 0. The number of amides is 1. The summed E-state index contributed by atoms with van der Waals surface area (Å²) < 4.78 is 0. The van der Waals surface area contributed by atoms with Gasteiger partial charge in [-0.2, -0.15) is 10.4 Å². The third-order valence-corrected chi connectivity index (χ3v) is 3.20. The quantitative estimate of drug-likeness (QED) is 0.667. The van der Waals surface area contributed by atoms with Crippen LogP contribution >= 0.6 is 0 Å². The number of hydrogen-bond donors (Lipinski definition) is 3. The molecule has 3 aromatic rings. The van der Waals surface area contributed by atoms with E-state index in [1.807, 2.05) is 30.3 Å². The van der Waals surface area contributed by atoms with E-state index in [0.717, 1.165) is 5.56 Å². The number of nitrogens with two attached hydrogens (primary N) is 1. The van der Waals surface area contributed by atoms with Crippen LogP contribution in [0.15, 0.2) is 30.3 Å². The highest BCUT2D eigenvalue weighted by Crippen LogP contribution is 2.36. The minimum absolute atomic E-state index is 0.117. The van der Waals surface area contributed by atoms with Crippen molar-refractivity contribution >= 4 is 28.6 Å². The third-order valence-electron chi connectivity index (χ3n) is 3.20. The van der Waals surface area contributed by atoms with E-state index in [0.29, 0.717) is 22.4 Å². The molecule has 0 atom stereocenters. The fraction of sp³-hybridized carbons (Fsp3) is 0.0667. The molecule has 0 unspecified atom stereocenters. The molecule has 7 heteroatoms. The van der Waals surface area contributed by atoms with Gasteiger partial charge >= 0.3 is 0 Å². The van der Waals surface area contributed by atoms with Crippen molar-refractivity contribution in [3.05, 3.63) is 35.9 Å². The minimum atomic E-state index is -0.261. The van der Waals surface area contributed by atoms with Gasteiger partial charge in [0.2, 0.25) is 5.91 Å². The van der Waals surface area contributed by atoms with Gasteiger partial charge in [-0.25, -0.2) is 4.98 Å². The number of nitrogens with one attached hydrogen (secondary N) is 2. The fourth-order valence-corrected chi connectivity index (χ4v) is 2.34. The second-order valence-corrected chi connectivity index (χ2v) is 4.70. The molecule has 0 aliphatic heterocycles. The van der Waals surface area contributed by atoms with E-state index in [9.17, 15) is 10.1 Å². The molecule has 0 bridgehead atoms. The predicted molar refractivity (Wildman–Crippen MR) is 82.8 cm³/mol. The number of nitriles is 1. The van der Waals surface area contributed by atoms with Gasteiger partial charge in [-0.15, -0.1) is 0 Å². The Balaban J connectivity index is 2.42. The van der Waals surface area contributed by atoms with E-state index in [-0.39, 0.29) is 17.3 Å². The van der Waals surface area contributed by atoms with Crippen LogP contribution in [0.25, 0.3) is 22.2 Å². The first-order chi connectivity index (χ1) is 10.6. The largest absolute Gasteiger partial charge is 0.383 e. The molecular weight excluding hydrogens is 280 g/mol. The molecule has 2 aromatic heterocycles. The number of pyridine rings is 1. The first kappa shape index (κ1) is 13.6. The Kier molecular flexibility index (Phi) is 3.20. The van der Waals surface area contributed by atoms with Crippen LogP contribution in [0.1, 0.15) is 12.5 Å². The normalized spacial score (nSPS) is 10.4. The fourth-order valence-electron chi connectivity index (χ4n) is 2.34. The van der Waals surface area contributed by atoms with Crippen LogP contribution in [0.5, 0.6) is 0 Å². The average molecular weight is 292 g/mol. The number of H-pyrrole nitrogens is 1. The summed E-state index contributed by atoms with van der Waals surface area (Å²) in [5, 5.41) is 19.4. The minimum Gasteiger partial charge on any atom is -0.383 e. The zero-order valence-corrected chi connectivity index (χ0v) is 11.7. The van der Waals surface area contributed by atoms with Crippen LogP contribution in [0, 0.1) is 11.3 Å². The highest BCUT2D eigenvalue weighted by atomic mass is 16.1. The van der Waals surface area contributed by atoms with Gasteiger partial charge < -0.3 is 11.1 Å². The molecule has 0 aliphatic carbocycles. The van der Waals surface area contributed by atoms with Gasteiger partial charge in [-0.05, 0) is 5.56 Å². The number of anilines is 2. The van der Waals surface area contributed by atoms with Crippen LogP contribution in [-0.4, -0.2) is 21.1 Å². The highest BCUT2D eigenvalue weighted by Gasteiger charge is 2.20. The van der Waals surface area contributed by atoms with Gasteiger partial charge in [0, 0.05) is 12.5 Å². The Labute approximate surface area is 125 Å². The van der Waals surface area contributed by atoms with E-state index < -0.39 is 0 Å². The Morgan fingerprint density at radius 2 is 2.09 bits per heavy atom. The van der Waals surface area contributed by atoms with Gasteiger partial charge in [0.1, 0.15) is 17.5 Å². The lowest BCUT2D eigenvalue weighted by atomic mass is 9.98. The lowest BCUT2D eigenvalue weighted by Crippen LogP contribution is -2.07. The SMILES string of the molecule is CC(=O)Nc1n[nH]c2nc(N)c(C#N)c(-c3ccccc3)c12. The summed E-state index contributed by atoms with van der Waals surface area (Å²) >= 11 is 0. The Bertz CT molecular complexity index is 907. The van der Waals surface area contributed by atoms with Crippen molar-refractivity contribution in [1.82, 2.24) is 15.2 Å². The van der Waals surface area contributed by atoms with E-state index in [4.69, 9.17) is 5.73 Å². The molecule has 0 saturated heterocycles. The van der Waals surface area contributed by atoms with E-state index in [1.54, 1.807) is 0 Å². The van der Waals surface area contributed by atoms with Crippen molar-refractivity contribution in [3.8, 4) is 17.2 Å². The van der Waals surface area contributed by atoms with E-state index in [1.165, 1.54) is 6.92 Å². The zero-order chi connectivity index (χ0) is 15.7. The molecule has 4 N–H and O–H groups in total. The number of rotatable bonds is 2. The van der Waals surface area contributed by atoms with Crippen molar-refractivity contribution in [2.45, 2.75) is 6.92 Å². The molecule has 0 saturated carbocycles. The van der Waals surface area contributed by atoms with Gasteiger partial charge in [0.15, 0.2) is 11.5 Å². The maximum Gasteiger partial charge on any atom is 0.222 e. The lowest BCUT2D eigenvalue weighted by Gasteiger charge is -2.09. The van der Waals surface area contributed by atoms with Crippen LogP contribution in [0.2, 0.25) is 0 Å². The number of carbonyl (C=O) groups is 1. The number of hydrogen-bond acceptors (Lipinski definition) is 5. The summed E-state index contributed by atoms with van der Waals surface area (Å²) in [6, 6.07) is 11.4. The molecule has 0 radical (unpaired) electrons. The second kappa shape index (κ2) is 5.18. The topological polar surface area (TPSA) is 120 Å². The van der Waals surface area contributed by atoms with Gasteiger partial charge in [-0.1, -0.05) is 30.3 Å². The maximum atomic E-state index is 11.3. The lowest BCUT2D eigenvalue weighted by molar-refractivity contribution is -0.114. The number of benzene rings is 1. The smallest absolute Gasteiger partial charge is 0.222 e. The molecule has 0 fully saturated rings. The first-order valence-corrected chi connectivity index (χ1v) is 6.52. The van der Waals surface area contributed by atoms with Crippen LogP contribution in [0.4, 0.5) is 11.6 Å². The summed E-state index contributed by atoms with van der Waals surface area (Å²) in [6.07, 6.45) is 0. The number of fused-ring (bicyclic) bond motifs is 1. The van der Waals surface area contributed by atoms with Crippen LogP contribution in [-0.2, 0) is 4.79 Å². The summed E-state index contributed by atoms with van der Waals surface area (Å²) in [5.74, 6) is 0.181. The third kappa shape index (κ3) is 2.13. The van der Waals surface area contributed by atoms with Gasteiger partial charge in [0.25, 0.3) is 0 Å². The van der Waals surface area contributed by atoms with Crippen molar-refractivity contribution in [2.75, 3.05) is 11.1 Å². The summed E-state index contributed by atoms with van der Waals surface area (Å²) in [4.78, 5) is 15.5. The van der Waals surface area contributed by atoms with Gasteiger partial charge in [0.05, 0.1) is 5.39 Å². The Morgan fingerprint density at radius 3 is 2.73 bits per heavy atom. The van der Waals surface area contributed by atoms with Crippen molar-refractivity contribution in [1.29, 1.82) is 5.26 Å². The number of nitrogens with zero attached hydrogens (tertiary/aromatic N) is 3. The van der Waals surface area contributed by atoms with Crippen LogP contribution in [0.3, 0.4) is 0 Å². The van der Waals surface area contributed by atoms with Gasteiger partial charge in [-0.3, -0.25) is 9.89 Å². The Morgan fingerprint density at radius 1 is 1.36 bits per heavy atom. The van der Waals surface area contributed by atoms with E-state index >= 15 is 0 Å². The molecule has 0 spiro atoms. The molecule has 1 aromatic carbocycles. The standard InChI is InChI=1S/C15H12N6O/c1-8(22)18-14-12-11(9-5-3-2-4-6-9)10(7-16)13(17)19-15(12)21-20-14/h2-6H,1H3,(H4,17,18,19,20,21,22). The summed E-state index contributed by atoms with van der Waals surface area (Å²) in [5.41, 5.74) is 7.95. The molecule has 7 nitrogen and oxygen atoms in total. The summed E-state index contributed by atoms with van der Waals surface area (Å²) in [6.45, 7) is 1.39. The first-order valence-electron chi connectivity index (χ1n) is 6.52. The molecular formula is C15H12N6O. The molecule has 0 aliphatic rings. The average Bonchev–Trinajstić information content (AvgIpc) is 2.88. The molecule has 3 rings (SSSR count). The van der Waals surface area contributed by atoms with Crippen molar-refractivity contribution in [3.63, 3.8) is 0 Å². The Hall–Kier alpha value is -3.40. The number of aromatic nitrogens is 3. The second-order valence-electron chi connectivity index (χ2n) is 4.70. The molecule has 108 valence electrons. The number of aromatic amines is 1. The van der Waals surface area contributed by atoms with Crippen LogP contribution < -0.4 is 11.1 Å². The molecule has 2 heterocycles. The molecule has 22 heavy (non-hydrogen) atoms. The number of nitrogen functional groups attached to an aromatic ring is 1. The van der Waals surface area contributed by atoms with Crippen molar-refractivity contribution < 1.29 is 4.79 Å². The van der Waals surface area contributed by atoms with E-state index in [2.05, 4.69) is 26.6 Å². The maximum absolute atomic E-state index is 11.3. The monoisotopic (exact) mass is 292 g/mol. The predicted octanol–water partition coefficient (Wildman–Crippen LogP) is 2.04. The molecule has 1 amide bonds.